The number of allylic oxidation sites excluding steroid dienone is 3. The SMILES string of the molecule is C=CCCC(=O)C1=CC[C@@H]2CCCC[C@@H]2C1. The molecule has 16 heavy (non-hydrogen) atoms. The number of hydrogen-bond acceptors (Lipinski definition) is 1. The highest BCUT2D eigenvalue weighted by molar-refractivity contribution is 5.95. The normalized spacial score (nSPS) is 29.1. The molecule has 1 nitrogen and oxygen atoms in total. The molecule has 1 heteroatoms. The molecule has 0 aromatic carbocycles. The lowest BCUT2D eigenvalue weighted by Crippen LogP contribution is -2.24. The van der Waals surface area contributed by atoms with E-state index >= 15 is 0 Å². The van der Waals surface area contributed by atoms with Crippen LogP contribution < -0.4 is 0 Å². The Morgan fingerprint density at radius 2 is 2.12 bits per heavy atom. The van der Waals surface area contributed by atoms with Crippen molar-refractivity contribution in [2.45, 2.75) is 51.4 Å². The first-order chi connectivity index (χ1) is 7.81. The number of hydrogen-bond donors (Lipinski definition) is 0. The molecule has 0 aromatic rings. The number of carbonyl (C=O) groups excluding carboxylic acids is 1. The molecule has 2 aliphatic rings. The summed E-state index contributed by atoms with van der Waals surface area (Å²) in [6, 6.07) is 0. The molecule has 0 spiro atoms. The fourth-order valence-electron chi connectivity index (χ4n) is 3.14. The molecule has 2 atom stereocenters. The first kappa shape index (κ1) is 11.6. The minimum Gasteiger partial charge on any atom is -0.295 e. The molecule has 0 radical (unpaired) electrons. The largest absolute Gasteiger partial charge is 0.295 e. The van der Waals surface area contributed by atoms with Crippen molar-refractivity contribution in [3.63, 3.8) is 0 Å². The molecule has 0 bridgehead atoms. The van der Waals surface area contributed by atoms with Crippen LogP contribution in [0.5, 0.6) is 0 Å². The standard InChI is InChI=1S/C15H22O/c1-2-3-8-15(16)14-10-9-12-6-4-5-7-13(12)11-14/h2,10,12-13H,1,3-9,11H2/t12-,13+/m0/s1. The van der Waals surface area contributed by atoms with Gasteiger partial charge in [0.1, 0.15) is 0 Å². The summed E-state index contributed by atoms with van der Waals surface area (Å²) in [5.41, 5.74) is 1.12. The summed E-state index contributed by atoms with van der Waals surface area (Å²) >= 11 is 0. The third-order valence-corrected chi connectivity index (χ3v) is 4.15. The third-order valence-electron chi connectivity index (χ3n) is 4.15. The van der Waals surface area contributed by atoms with E-state index in [4.69, 9.17) is 0 Å². The zero-order valence-corrected chi connectivity index (χ0v) is 10.1. The lowest BCUT2D eigenvalue weighted by molar-refractivity contribution is -0.116. The fraction of sp³-hybridized carbons (Fsp3) is 0.667. The molecule has 0 unspecified atom stereocenters. The Morgan fingerprint density at radius 3 is 2.88 bits per heavy atom. The summed E-state index contributed by atoms with van der Waals surface area (Å²) in [7, 11) is 0. The molecule has 2 rings (SSSR count). The predicted molar refractivity (Wildman–Crippen MR) is 67.2 cm³/mol. The molecule has 2 aliphatic carbocycles. The molecule has 0 N–H and O–H groups in total. The summed E-state index contributed by atoms with van der Waals surface area (Å²) in [5.74, 6) is 2.05. The minimum atomic E-state index is 0.365. The molecular weight excluding hydrogens is 196 g/mol. The van der Waals surface area contributed by atoms with Gasteiger partial charge in [0.15, 0.2) is 5.78 Å². The first-order valence-electron chi connectivity index (χ1n) is 6.64. The van der Waals surface area contributed by atoms with Crippen LogP contribution >= 0.6 is 0 Å². The van der Waals surface area contributed by atoms with Crippen molar-refractivity contribution >= 4 is 5.78 Å². The van der Waals surface area contributed by atoms with Crippen molar-refractivity contribution in [3.05, 3.63) is 24.3 Å². The van der Waals surface area contributed by atoms with Crippen molar-refractivity contribution in [1.82, 2.24) is 0 Å². The number of rotatable bonds is 4. The van der Waals surface area contributed by atoms with Gasteiger partial charge in [0.25, 0.3) is 0 Å². The molecule has 1 saturated carbocycles. The third kappa shape index (κ3) is 2.63. The lowest BCUT2D eigenvalue weighted by atomic mass is 9.70. The van der Waals surface area contributed by atoms with Crippen LogP contribution in [-0.4, -0.2) is 5.78 Å². The molecule has 88 valence electrons. The zero-order chi connectivity index (χ0) is 11.4. The summed E-state index contributed by atoms with van der Waals surface area (Å²) < 4.78 is 0. The van der Waals surface area contributed by atoms with E-state index in [1.165, 1.54) is 25.7 Å². The Morgan fingerprint density at radius 1 is 1.38 bits per heavy atom. The van der Waals surface area contributed by atoms with Crippen molar-refractivity contribution < 1.29 is 4.79 Å². The maximum absolute atomic E-state index is 11.9. The van der Waals surface area contributed by atoms with Gasteiger partial charge in [-0.1, -0.05) is 25.0 Å². The van der Waals surface area contributed by atoms with Gasteiger partial charge in [-0.3, -0.25) is 4.79 Å². The van der Waals surface area contributed by atoms with E-state index < -0.39 is 0 Å². The van der Waals surface area contributed by atoms with Crippen LogP contribution in [0.4, 0.5) is 0 Å². The van der Waals surface area contributed by atoms with Gasteiger partial charge in [0, 0.05) is 6.42 Å². The Kier molecular flexibility index (Phi) is 3.98. The van der Waals surface area contributed by atoms with Crippen molar-refractivity contribution in [2.75, 3.05) is 0 Å². The van der Waals surface area contributed by atoms with E-state index in [-0.39, 0.29) is 0 Å². The number of ketones is 1. The van der Waals surface area contributed by atoms with Crippen molar-refractivity contribution in [1.29, 1.82) is 0 Å². The topological polar surface area (TPSA) is 17.1 Å². The van der Waals surface area contributed by atoms with Gasteiger partial charge in [0.2, 0.25) is 0 Å². The van der Waals surface area contributed by atoms with E-state index in [2.05, 4.69) is 12.7 Å². The Balaban J connectivity index is 1.94. The van der Waals surface area contributed by atoms with E-state index in [0.29, 0.717) is 12.2 Å². The molecule has 0 heterocycles. The van der Waals surface area contributed by atoms with Gasteiger partial charge in [-0.25, -0.2) is 0 Å². The molecule has 0 aromatic heterocycles. The van der Waals surface area contributed by atoms with Gasteiger partial charge in [-0.2, -0.15) is 0 Å². The van der Waals surface area contributed by atoms with Crippen LogP contribution in [0.1, 0.15) is 51.4 Å². The maximum atomic E-state index is 11.9. The van der Waals surface area contributed by atoms with Gasteiger partial charge in [-0.15, -0.1) is 6.58 Å². The highest BCUT2D eigenvalue weighted by Gasteiger charge is 2.29. The second-order valence-corrected chi connectivity index (χ2v) is 5.22. The monoisotopic (exact) mass is 218 g/mol. The summed E-state index contributed by atoms with van der Waals surface area (Å²) in [6.07, 6.45) is 13.2. The van der Waals surface area contributed by atoms with Crippen LogP contribution in [-0.2, 0) is 4.79 Å². The van der Waals surface area contributed by atoms with Crippen LogP contribution in [0, 0.1) is 11.8 Å². The predicted octanol–water partition coefficient (Wildman–Crippen LogP) is 4.05. The summed E-state index contributed by atoms with van der Waals surface area (Å²) in [5, 5.41) is 0. The highest BCUT2D eigenvalue weighted by Crippen LogP contribution is 2.40. The van der Waals surface area contributed by atoms with Crippen molar-refractivity contribution in [3.8, 4) is 0 Å². The Labute approximate surface area is 98.6 Å². The second kappa shape index (κ2) is 5.47. The fourth-order valence-corrected chi connectivity index (χ4v) is 3.14. The second-order valence-electron chi connectivity index (χ2n) is 5.22. The van der Waals surface area contributed by atoms with Crippen LogP contribution in [0.2, 0.25) is 0 Å². The van der Waals surface area contributed by atoms with E-state index in [9.17, 15) is 4.79 Å². The average Bonchev–Trinajstić information content (AvgIpc) is 2.35. The molecular formula is C15H22O. The zero-order valence-electron chi connectivity index (χ0n) is 10.1. The number of fused-ring (bicyclic) bond motifs is 1. The number of carbonyl (C=O) groups is 1. The molecule has 0 saturated heterocycles. The molecule has 0 amide bonds. The smallest absolute Gasteiger partial charge is 0.158 e. The van der Waals surface area contributed by atoms with Crippen LogP contribution in [0.15, 0.2) is 24.3 Å². The van der Waals surface area contributed by atoms with Crippen LogP contribution in [0.25, 0.3) is 0 Å². The van der Waals surface area contributed by atoms with Gasteiger partial charge >= 0.3 is 0 Å². The van der Waals surface area contributed by atoms with E-state index in [0.717, 1.165) is 36.7 Å². The van der Waals surface area contributed by atoms with E-state index in [1.54, 1.807) is 0 Å². The minimum absolute atomic E-state index is 0.365. The average molecular weight is 218 g/mol. The highest BCUT2D eigenvalue weighted by atomic mass is 16.1. The molecule has 0 aliphatic heterocycles. The van der Waals surface area contributed by atoms with Gasteiger partial charge in [0.05, 0.1) is 0 Å². The lowest BCUT2D eigenvalue weighted by Gasteiger charge is -2.34. The number of Topliss-reactive ketones (excluding diaryl/α,β-unsaturated/α-hetero) is 1. The van der Waals surface area contributed by atoms with E-state index in [1.807, 2.05) is 6.08 Å². The van der Waals surface area contributed by atoms with Crippen molar-refractivity contribution in [2.24, 2.45) is 11.8 Å². The Hall–Kier alpha value is -0.850. The first-order valence-corrected chi connectivity index (χ1v) is 6.64. The van der Waals surface area contributed by atoms with Gasteiger partial charge in [-0.05, 0) is 49.5 Å². The maximum Gasteiger partial charge on any atom is 0.158 e. The van der Waals surface area contributed by atoms with Gasteiger partial charge < -0.3 is 0 Å². The Bertz CT molecular complexity index is 301. The summed E-state index contributed by atoms with van der Waals surface area (Å²) in [4.78, 5) is 11.9. The quantitative estimate of drug-likeness (QED) is 0.651. The summed E-state index contributed by atoms with van der Waals surface area (Å²) in [6.45, 7) is 3.67. The molecule has 1 fully saturated rings. The van der Waals surface area contributed by atoms with Crippen LogP contribution in [0.3, 0.4) is 0 Å².